The molecule has 0 atom stereocenters. The molecule has 0 spiro atoms. The minimum absolute atomic E-state index is 0.00993. The van der Waals surface area contributed by atoms with Crippen molar-refractivity contribution in [2.24, 2.45) is 0 Å². The van der Waals surface area contributed by atoms with E-state index in [4.69, 9.17) is 0 Å². The highest BCUT2D eigenvalue weighted by Crippen LogP contribution is 2.32. The molecule has 0 aliphatic rings. The fourth-order valence-corrected chi connectivity index (χ4v) is 2.37. The number of nitrogens with zero attached hydrogens (tertiary/aromatic N) is 2. The molecule has 0 bridgehead atoms. The first-order valence-electron chi connectivity index (χ1n) is 4.72. The number of thiazole rings is 1. The van der Waals surface area contributed by atoms with Crippen molar-refractivity contribution in [2.45, 2.75) is 26.3 Å². The highest BCUT2D eigenvalue weighted by atomic mass is 32.1. The van der Waals surface area contributed by atoms with E-state index in [-0.39, 0.29) is 5.54 Å². The van der Waals surface area contributed by atoms with Crippen molar-refractivity contribution < 1.29 is 0 Å². The van der Waals surface area contributed by atoms with Gasteiger partial charge in [0.2, 0.25) is 0 Å². The van der Waals surface area contributed by atoms with Crippen LogP contribution >= 0.6 is 11.3 Å². The van der Waals surface area contributed by atoms with Crippen molar-refractivity contribution in [1.82, 2.24) is 10.3 Å². The van der Waals surface area contributed by atoms with Gasteiger partial charge in [-0.1, -0.05) is 11.3 Å². The number of aromatic nitrogens is 1. The van der Waals surface area contributed by atoms with Crippen molar-refractivity contribution in [3.63, 3.8) is 0 Å². The Labute approximate surface area is 90.2 Å². The topological polar surface area (TPSA) is 28.2 Å². The second-order valence-corrected chi connectivity index (χ2v) is 5.16. The van der Waals surface area contributed by atoms with Gasteiger partial charge in [0.05, 0.1) is 5.69 Å². The molecule has 1 aromatic heterocycles. The van der Waals surface area contributed by atoms with Gasteiger partial charge < -0.3 is 10.2 Å². The van der Waals surface area contributed by atoms with Gasteiger partial charge >= 0.3 is 0 Å². The predicted octanol–water partition coefficient (Wildman–Crippen LogP) is 1.97. The third-order valence-corrected chi connectivity index (χ3v) is 4.01. The highest BCUT2D eigenvalue weighted by Gasteiger charge is 2.24. The molecule has 0 saturated carbocycles. The summed E-state index contributed by atoms with van der Waals surface area (Å²) in [6, 6.07) is 0. The fraction of sp³-hybridized carbons (Fsp3) is 0.700. The molecule has 3 nitrogen and oxygen atoms in total. The molecule has 0 amide bonds. The van der Waals surface area contributed by atoms with Crippen LogP contribution in [-0.2, 0) is 5.54 Å². The van der Waals surface area contributed by atoms with E-state index in [1.807, 2.05) is 26.0 Å². The van der Waals surface area contributed by atoms with Crippen LogP contribution in [0.25, 0.3) is 0 Å². The Hall–Kier alpha value is -0.610. The lowest BCUT2D eigenvalue weighted by molar-refractivity contribution is 0.450. The molecule has 80 valence electrons. The first kappa shape index (κ1) is 11.5. The van der Waals surface area contributed by atoms with Gasteiger partial charge in [-0.3, -0.25) is 0 Å². The van der Waals surface area contributed by atoms with Crippen LogP contribution in [0.1, 0.15) is 24.4 Å². The lowest BCUT2D eigenvalue weighted by Crippen LogP contribution is -2.32. The monoisotopic (exact) mass is 213 g/mol. The largest absolute Gasteiger partial charge is 0.354 e. The van der Waals surface area contributed by atoms with E-state index in [2.05, 4.69) is 31.1 Å². The zero-order chi connectivity index (χ0) is 10.9. The molecule has 1 N–H and O–H groups in total. The van der Waals surface area contributed by atoms with E-state index < -0.39 is 0 Å². The number of hydrogen-bond acceptors (Lipinski definition) is 4. The summed E-state index contributed by atoms with van der Waals surface area (Å²) < 4.78 is 0. The van der Waals surface area contributed by atoms with Gasteiger partial charge in [-0.25, -0.2) is 4.98 Å². The number of rotatable bonds is 3. The van der Waals surface area contributed by atoms with Crippen molar-refractivity contribution in [3.05, 3.63) is 10.6 Å². The van der Waals surface area contributed by atoms with Crippen LogP contribution in [0, 0.1) is 6.92 Å². The van der Waals surface area contributed by atoms with Crippen LogP contribution in [0.4, 0.5) is 5.13 Å². The maximum Gasteiger partial charge on any atom is 0.185 e. The van der Waals surface area contributed by atoms with Crippen molar-refractivity contribution in [1.29, 1.82) is 0 Å². The molecule has 0 unspecified atom stereocenters. The van der Waals surface area contributed by atoms with Crippen LogP contribution in [0.15, 0.2) is 0 Å². The second-order valence-electron chi connectivity index (χ2n) is 4.18. The Balaban J connectivity index is 3.10. The molecular weight excluding hydrogens is 194 g/mol. The highest BCUT2D eigenvalue weighted by molar-refractivity contribution is 7.15. The lowest BCUT2D eigenvalue weighted by Gasteiger charge is -2.22. The predicted molar refractivity (Wildman–Crippen MR) is 63.3 cm³/mol. The molecule has 4 heteroatoms. The maximum absolute atomic E-state index is 4.53. The van der Waals surface area contributed by atoms with Gasteiger partial charge in [0, 0.05) is 24.5 Å². The first-order chi connectivity index (χ1) is 6.38. The van der Waals surface area contributed by atoms with Crippen LogP contribution in [0.5, 0.6) is 0 Å². The standard InChI is InChI=1S/C10H19N3S/c1-7-8(10(2,3)11-4)14-9(12-7)13(5)6/h11H,1-6H3. The van der Waals surface area contributed by atoms with Crippen molar-refractivity contribution in [3.8, 4) is 0 Å². The van der Waals surface area contributed by atoms with Crippen LogP contribution < -0.4 is 10.2 Å². The summed E-state index contributed by atoms with van der Waals surface area (Å²) in [7, 11) is 6.03. The van der Waals surface area contributed by atoms with Gasteiger partial charge in [-0.05, 0) is 27.8 Å². The van der Waals surface area contributed by atoms with Crippen LogP contribution in [-0.4, -0.2) is 26.1 Å². The summed E-state index contributed by atoms with van der Waals surface area (Å²) >= 11 is 1.75. The van der Waals surface area contributed by atoms with Gasteiger partial charge in [0.15, 0.2) is 5.13 Å². The lowest BCUT2D eigenvalue weighted by atomic mass is 10.0. The van der Waals surface area contributed by atoms with Gasteiger partial charge in [-0.2, -0.15) is 0 Å². The number of aryl methyl sites for hydroxylation is 1. The zero-order valence-electron chi connectivity index (χ0n) is 9.80. The smallest absolute Gasteiger partial charge is 0.185 e. The summed E-state index contributed by atoms with van der Waals surface area (Å²) in [6.45, 7) is 6.41. The number of nitrogens with one attached hydrogen (secondary N) is 1. The average Bonchev–Trinajstić information content (AvgIpc) is 2.48. The summed E-state index contributed by atoms with van der Waals surface area (Å²) in [4.78, 5) is 7.89. The third-order valence-electron chi connectivity index (χ3n) is 2.36. The minimum Gasteiger partial charge on any atom is -0.354 e. The summed E-state index contributed by atoms with van der Waals surface area (Å²) in [5, 5.41) is 4.37. The third kappa shape index (κ3) is 2.07. The zero-order valence-corrected chi connectivity index (χ0v) is 10.6. The maximum atomic E-state index is 4.53. The molecule has 0 fully saturated rings. The van der Waals surface area contributed by atoms with Gasteiger partial charge in [-0.15, -0.1) is 0 Å². The molecule has 14 heavy (non-hydrogen) atoms. The molecule has 0 aliphatic carbocycles. The Bertz CT molecular complexity index is 315. The van der Waals surface area contributed by atoms with E-state index in [1.54, 1.807) is 11.3 Å². The number of anilines is 1. The summed E-state index contributed by atoms with van der Waals surface area (Å²) in [5.74, 6) is 0. The molecule has 0 saturated heterocycles. The van der Waals surface area contributed by atoms with Crippen LogP contribution in [0.2, 0.25) is 0 Å². The minimum atomic E-state index is 0.00993. The Morgan fingerprint density at radius 1 is 1.36 bits per heavy atom. The molecule has 1 rings (SSSR count). The van der Waals surface area contributed by atoms with Crippen molar-refractivity contribution >= 4 is 16.5 Å². The molecular formula is C10H19N3S. The van der Waals surface area contributed by atoms with E-state index in [1.165, 1.54) is 4.88 Å². The summed E-state index contributed by atoms with van der Waals surface area (Å²) in [5.41, 5.74) is 1.13. The Morgan fingerprint density at radius 3 is 2.29 bits per heavy atom. The first-order valence-corrected chi connectivity index (χ1v) is 5.54. The molecule has 1 heterocycles. The Kier molecular flexibility index (Phi) is 3.17. The number of hydrogen-bond donors (Lipinski definition) is 1. The molecule has 0 aliphatic heterocycles. The van der Waals surface area contributed by atoms with E-state index in [0.717, 1.165) is 10.8 Å². The van der Waals surface area contributed by atoms with E-state index >= 15 is 0 Å². The van der Waals surface area contributed by atoms with E-state index in [0.29, 0.717) is 0 Å². The Morgan fingerprint density at radius 2 is 1.93 bits per heavy atom. The SMILES string of the molecule is CNC(C)(C)c1sc(N(C)C)nc1C. The molecule has 1 aromatic rings. The summed E-state index contributed by atoms with van der Waals surface area (Å²) in [6.07, 6.45) is 0. The molecule has 0 aromatic carbocycles. The van der Waals surface area contributed by atoms with E-state index in [9.17, 15) is 0 Å². The van der Waals surface area contributed by atoms with Crippen molar-refractivity contribution in [2.75, 3.05) is 26.0 Å². The second kappa shape index (κ2) is 3.87. The quantitative estimate of drug-likeness (QED) is 0.832. The van der Waals surface area contributed by atoms with Crippen LogP contribution in [0.3, 0.4) is 0 Å². The average molecular weight is 213 g/mol. The normalized spacial score (nSPS) is 11.9. The van der Waals surface area contributed by atoms with Gasteiger partial charge in [0.1, 0.15) is 0 Å². The molecule has 0 radical (unpaired) electrons. The fourth-order valence-electron chi connectivity index (χ4n) is 1.27. The van der Waals surface area contributed by atoms with Gasteiger partial charge in [0.25, 0.3) is 0 Å².